The average Bonchev–Trinajstić information content (AvgIpc) is 2.64. The molecule has 0 aromatic rings. The molecule has 0 spiro atoms. The first-order valence-electron chi connectivity index (χ1n) is 9.62. The molecular formula is C23H36OS. The molecule has 0 unspecified atom stereocenters. The minimum Gasteiger partial charge on any atom is -0.515 e. The van der Waals surface area contributed by atoms with Crippen molar-refractivity contribution in [2.45, 2.75) is 64.7 Å². The van der Waals surface area contributed by atoms with E-state index in [0.717, 1.165) is 11.8 Å². The predicted octanol–water partition coefficient (Wildman–Crippen LogP) is 7.67. The zero-order valence-corrected chi connectivity index (χ0v) is 16.7. The highest BCUT2D eigenvalue weighted by Crippen LogP contribution is 2.09. The molecule has 0 radical (unpaired) electrons. The minimum atomic E-state index is 0.532. The van der Waals surface area contributed by atoms with E-state index < -0.39 is 0 Å². The van der Waals surface area contributed by atoms with E-state index in [1.165, 1.54) is 57.8 Å². The SMILES string of the molecule is CCCCCCCCCC/C=C/C=C/C=C/C=C/C=C/C(=C/O)CS. The van der Waals surface area contributed by atoms with Gasteiger partial charge in [0, 0.05) is 5.75 Å². The van der Waals surface area contributed by atoms with Crippen molar-refractivity contribution in [1.82, 2.24) is 0 Å². The van der Waals surface area contributed by atoms with E-state index in [0.29, 0.717) is 5.75 Å². The number of allylic oxidation sites excluding steroid dienone is 10. The van der Waals surface area contributed by atoms with Crippen LogP contribution in [-0.2, 0) is 0 Å². The molecule has 0 aliphatic rings. The molecule has 0 aliphatic carbocycles. The Kier molecular flexibility index (Phi) is 19.5. The Morgan fingerprint density at radius 1 is 0.720 bits per heavy atom. The molecule has 0 atom stereocenters. The Morgan fingerprint density at radius 3 is 1.80 bits per heavy atom. The molecule has 0 aromatic carbocycles. The molecule has 0 fully saturated rings. The molecule has 140 valence electrons. The summed E-state index contributed by atoms with van der Waals surface area (Å²) in [4.78, 5) is 0. The summed E-state index contributed by atoms with van der Waals surface area (Å²) in [6, 6.07) is 0. The molecule has 2 heteroatoms. The van der Waals surface area contributed by atoms with Crippen molar-refractivity contribution in [2.24, 2.45) is 0 Å². The standard InChI is InChI=1S/C23H36OS/c1-2-3-4-5-6-7-8-9-10-11-12-13-14-15-16-17-18-19-20-23(21-24)22-25/h11-21,24-25H,2-10,22H2,1H3/b12-11+,14-13+,16-15+,18-17+,20-19+,23-21-. The van der Waals surface area contributed by atoms with Crippen LogP contribution in [0.4, 0.5) is 0 Å². The predicted molar refractivity (Wildman–Crippen MR) is 117 cm³/mol. The van der Waals surface area contributed by atoms with Crippen LogP contribution in [0.15, 0.2) is 72.6 Å². The lowest BCUT2D eigenvalue weighted by Gasteiger charge is -1.99. The van der Waals surface area contributed by atoms with Gasteiger partial charge in [0.2, 0.25) is 0 Å². The summed E-state index contributed by atoms with van der Waals surface area (Å²) in [6.07, 6.45) is 33.3. The van der Waals surface area contributed by atoms with E-state index in [1.54, 1.807) is 0 Å². The molecule has 0 saturated carbocycles. The van der Waals surface area contributed by atoms with Crippen LogP contribution in [0, 0.1) is 0 Å². The van der Waals surface area contributed by atoms with Crippen LogP contribution in [0.25, 0.3) is 0 Å². The number of aliphatic hydroxyl groups is 1. The van der Waals surface area contributed by atoms with Gasteiger partial charge in [-0.25, -0.2) is 0 Å². The Labute approximate surface area is 161 Å². The fourth-order valence-corrected chi connectivity index (χ4v) is 2.46. The summed E-state index contributed by atoms with van der Waals surface area (Å²) < 4.78 is 0. The van der Waals surface area contributed by atoms with Crippen molar-refractivity contribution < 1.29 is 5.11 Å². The second kappa shape index (κ2) is 20.6. The molecule has 0 heterocycles. The fraction of sp³-hybridized carbons (Fsp3) is 0.478. The van der Waals surface area contributed by atoms with E-state index in [2.05, 4.69) is 37.8 Å². The minimum absolute atomic E-state index is 0.532. The number of aliphatic hydroxyl groups excluding tert-OH is 1. The summed E-state index contributed by atoms with van der Waals surface area (Å²) >= 11 is 4.10. The first kappa shape index (κ1) is 23.6. The fourth-order valence-electron chi connectivity index (χ4n) is 2.27. The summed E-state index contributed by atoms with van der Waals surface area (Å²) in [6.45, 7) is 2.27. The van der Waals surface area contributed by atoms with Gasteiger partial charge in [-0.1, -0.05) is 113 Å². The molecule has 0 rings (SSSR count). The number of unbranched alkanes of at least 4 members (excludes halogenated alkanes) is 8. The van der Waals surface area contributed by atoms with Crippen LogP contribution >= 0.6 is 12.6 Å². The lowest BCUT2D eigenvalue weighted by Crippen LogP contribution is -1.79. The van der Waals surface area contributed by atoms with Gasteiger partial charge in [-0.3, -0.25) is 0 Å². The highest BCUT2D eigenvalue weighted by atomic mass is 32.1. The quantitative estimate of drug-likeness (QED) is 0.133. The molecule has 1 N–H and O–H groups in total. The highest BCUT2D eigenvalue weighted by Gasteiger charge is 1.89. The lowest BCUT2D eigenvalue weighted by molar-refractivity contribution is 0.469. The van der Waals surface area contributed by atoms with Crippen molar-refractivity contribution in [1.29, 1.82) is 0 Å². The Bertz CT molecular complexity index is 453. The van der Waals surface area contributed by atoms with Crippen LogP contribution in [0.3, 0.4) is 0 Å². The van der Waals surface area contributed by atoms with E-state index in [-0.39, 0.29) is 0 Å². The zero-order chi connectivity index (χ0) is 18.4. The Morgan fingerprint density at radius 2 is 1.24 bits per heavy atom. The number of hydrogen-bond donors (Lipinski definition) is 2. The average molecular weight is 361 g/mol. The summed E-state index contributed by atoms with van der Waals surface area (Å²) in [7, 11) is 0. The molecule has 0 bridgehead atoms. The van der Waals surface area contributed by atoms with Crippen molar-refractivity contribution in [3.05, 3.63) is 72.6 Å². The van der Waals surface area contributed by atoms with Crippen LogP contribution in [0.2, 0.25) is 0 Å². The molecule has 0 amide bonds. The van der Waals surface area contributed by atoms with E-state index in [4.69, 9.17) is 5.11 Å². The van der Waals surface area contributed by atoms with Crippen molar-refractivity contribution in [3.63, 3.8) is 0 Å². The van der Waals surface area contributed by atoms with Gasteiger partial charge < -0.3 is 5.11 Å². The molecule has 0 saturated heterocycles. The van der Waals surface area contributed by atoms with Crippen molar-refractivity contribution in [3.8, 4) is 0 Å². The topological polar surface area (TPSA) is 20.2 Å². The monoisotopic (exact) mass is 360 g/mol. The Hall–Kier alpha value is -1.41. The summed E-state index contributed by atoms with van der Waals surface area (Å²) in [5.74, 6) is 0.532. The molecule has 0 aromatic heterocycles. The third-order valence-corrected chi connectivity index (χ3v) is 4.16. The van der Waals surface area contributed by atoms with Gasteiger partial charge >= 0.3 is 0 Å². The highest BCUT2D eigenvalue weighted by molar-refractivity contribution is 7.80. The van der Waals surface area contributed by atoms with Gasteiger partial charge in [0.15, 0.2) is 0 Å². The van der Waals surface area contributed by atoms with Gasteiger partial charge in [0.1, 0.15) is 0 Å². The maximum absolute atomic E-state index is 8.85. The third kappa shape index (κ3) is 18.8. The second-order valence-electron chi connectivity index (χ2n) is 6.07. The molecule has 1 nitrogen and oxygen atoms in total. The van der Waals surface area contributed by atoms with E-state index in [1.807, 2.05) is 42.5 Å². The third-order valence-electron chi connectivity index (χ3n) is 3.80. The van der Waals surface area contributed by atoms with Crippen molar-refractivity contribution >= 4 is 12.6 Å². The number of rotatable bonds is 15. The lowest BCUT2D eigenvalue weighted by atomic mass is 10.1. The van der Waals surface area contributed by atoms with Crippen LogP contribution in [-0.4, -0.2) is 10.9 Å². The second-order valence-corrected chi connectivity index (χ2v) is 6.38. The molecular weight excluding hydrogens is 324 g/mol. The molecule has 0 aliphatic heterocycles. The maximum Gasteiger partial charge on any atom is 0.0831 e. The van der Waals surface area contributed by atoms with Gasteiger partial charge in [0.25, 0.3) is 0 Å². The maximum atomic E-state index is 8.85. The largest absolute Gasteiger partial charge is 0.515 e. The van der Waals surface area contributed by atoms with Gasteiger partial charge in [0.05, 0.1) is 6.26 Å². The van der Waals surface area contributed by atoms with Crippen LogP contribution in [0.5, 0.6) is 0 Å². The zero-order valence-electron chi connectivity index (χ0n) is 15.8. The summed E-state index contributed by atoms with van der Waals surface area (Å²) in [5, 5.41) is 8.85. The van der Waals surface area contributed by atoms with Crippen molar-refractivity contribution in [2.75, 3.05) is 5.75 Å². The van der Waals surface area contributed by atoms with Gasteiger partial charge in [-0.05, 0) is 18.4 Å². The first-order valence-corrected chi connectivity index (χ1v) is 10.3. The van der Waals surface area contributed by atoms with E-state index in [9.17, 15) is 0 Å². The van der Waals surface area contributed by atoms with Crippen LogP contribution < -0.4 is 0 Å². The van der Waals surface area contributed by atoms with Gasteiger partial charge in [-0.15, -0.1) is 0 Å². The summed E-state index contributed by atoms with van der Waals surface area (Å²) in [5.41, 5.74) is 0.790. The molecule has 25 heavy (non-hydrogen) atoms. The van der Waals surface area contributed by atoms with Gasteiger partial charge in [-0.2, -0.15) is 12.6 Å². The number of hydrogen-bond acceptors (Lipinski definition) is 2. The van der Waals surface area contributed by atoms with Crippen LogP contribution in [0.1, 0.15) is 64.7 Å². The first-order chi connectivity index (χ1) is 12.3. The Balaban J connectivity index is 3.59. The smallest absolute Gasteiger partial charge is 0.0831 e. The van der Waals surface area contributed by atoms with E-state index >= 15 is 0 Å². The normalized spacial score (nSPS) is 13.6. The number of thiol groups is 1.